The van der Waals surface area contributed by atoms with Gasteiger partial charge in [-0.2, -0.15) is 0 Å². The zero-order valence-corrected chi connectivity index (χ0v) is 14.7. The summed E-state index contributed by atoms with van der Waals surface area (Å²) in [6.07, 6.45) is 19.8. The molecule has 0 aliphatic heterocycles. The maximum absolute atomic E-state index is 10.4. The predicted octanol–water partition coefficient (Wildman–Crippen LogP) is 4.16. The van der Waals surface area contributed by atoms with Crippen molar-refractivity contribution in [1.29, 1.82) is 0 Å². The van der Waals surface area contributed by atoms with E-state index in [9.17, 15) is 15.0 Å². The Bertz CT molecular complexity index is 421. The van der Waals surface area contributed by atoms with Crippen LogP contribution in [0.5, 0.6) is 0 Å². The molecule has 24 heavy (non-hydrogen) atoms. The fraction of sp³-hybridized carbons (Fsp3) is 0.550. The molecule has 0 aliphatic rings. The molecule has 0 saturated carbocycles. The summed E-state index contributed by atoms with van der Waals surface area (Å²) in [5.41, 5.74) is 0. The first kappa shape index (κ1) is 22.4. The van der Waals surface area contributed by atoms with Crippen LogP contribution in [0.2, 0.25) is 0 Å². The van der Waals surface area contributed by atoms with E-state index in [1.165, 1.54) is 25.3 Å². The van der Waals surface area contributed by atoms with Crippen molar-refractivity contribution in [3.8, 4) is 0 Å². The van der Waals surface area contributed by atoms with Crippen LogP contribution in [0.4, 0.5) is 0 Å². The summed E-state index contributed by atoms with van der Waals surface area (Å²) in [6, 6.07) is 0. The number of aliphatic hydroxyl groups is 2. The fourth-order valence-electron chi connectivity index (χ4n) is 2.03. The van der Waals surface area contributed by atoms with Crippen LogP contribution in [-0.2, 0) is 4.79 Å². The van der Waals surface area contributed by atoms with Gasteiger partial charge in [-0.1, -0.05) is 68.4 Å². The highest BCUT2D eigenvalue weighted by molar-refractivity contribution is 5.66. The van der Waals surface area contributed by atoms with Crippen molar-refractivity contribution < 1.29 is 20.1 Å². The third-order valence-corrected chi connectivity index (χ3v) is 3.48. The summed E-state index contributed by atoms with van der Waals surface area (Å²) in [4.78, 5) is 10.4. The van der Waals surface area contributed by atoms with Gasteiger partial charge in [0.25, 0.3) is 0 Å². The number of aliphatic hydroxyl groups excluding tert-OH is 2. The number of rotatable bonds is 14. The molecule has 0 saturated heterocycles. The molecule has 0 bridgehead atoms. The standard InChI is InChI=1S/C20H32O4/c1-2-3-4-5-6-7-8-9-10-11-12-13-15-18(21)19(22)16-14-17-20(23)24/h6-7,9-13,15,18-19,21-22H,2-5,8,14,16-17H2,1H3,(H,23,24)/b7-6+,10-9-,12-11+,15-13+/t18-,19+/m0/s1. The molecule has 0 rings (SSSR count). The third kappa shape index (κ3) is 15.3. The van der Waals surface area contributed by atoms with Crippen LogP contribution in [0.3, 0.4) is 0 Å². The van der Waals surface area contributed by atoms with Gasteiger partial charge in [0.2, 0.25) is 0 Å². The lowest BCUT2D eigenvalue weighted by Crippen LogP contribution is -2.23. The van der Waals surface area contributed by atoms with Crippen LogP contribution in [-0.4, -0.2) is 33.5 Å². The number of hydrogen-bond donors (Lipinski definition) is 3. The molecule has 4 heteroatoms. The van der Waals surface area contributed by atoms with E-state index in [0.717, 1.165) is 12.8 Å². The summed E-state index contributed by atoms with van der Waals surface area (Å²) in [5.74, 6) is -0.891. The molecule has 4 nitrogen and oxygen atoms in total. The van der Waals surface area contributed by atoms with E-state index < -0.39 is 18.2 Å². The summed E-state index contributed by atoms with van der Waals surface area (Å²) >= 11 is 0. The molecule has 0 aliphatic carbocycles. The Kier molecular flexibility index (Phi) is 15.1. The maximum atomic E-state index is 10.4. The summed E-state index contributed by atoms with van der Waals surface area (Å²) < 4.78 is 0. The van der Waals surface area contributed by atoms with Crippen LogP contribution >= 0.6 is 0 Å². The first-order valence-electron chi connectivity index (χ1n) is 8.80. The second-order valence-electron chi connectivity index (χ2n) is 5.74. The number of hydrogen-bond acceptors (Lipinski definition) is 3. The number of carbonyl (C=O) groups is 1. The topological polar surface area (TPSA) is 77.8 Å². The Morgan fingerprint density at radius 1 is 0.958 bits per heavy atom. The molecule has 0 aromatic carbocycles. The smallest absolute Gasteiger partial charge is 0.303 e. The second-order valence-corrected chi connectivity index (χ2v) is 5.74. The van der Waals surface area contributed by atoms with E-state index in [1.54, 1.807) is 12.2 Å². The molecule has 0 amide bonds. The lowest BCUT2D eigenvalue weighted by atomic mass is 10.1. The van der Waals surface area contributed by atoms with E-state index in [2.05, 4.69) is 25.2 Å². The minimum Gasteiger partial charge on any atom is -0.481 e. The third-order valence-electron chi connectivity index (χ3n) is 3.48. The largest absolute Gasteiger partial charge is 0.481 e. The van der Waals surface area contributed by atoms with Gasteiger partial charge in [0.1, 0.15) is 0 Å². The zero-order chi connectivity index (χ0) is 18.0. The Labute approximate surface area is 145 Å². The predicted molar refractivity (Wildman–Crippen MR) is 98.8 cm³/mol. The van der Waals surface area contributed by atoms with Crippen molar-refractivity contribution in [2.75, 3.05) is 0 Å². The van der Waals surface area contributed by atoms with Gasteiger partial charge in [-0.05, 0) is 32.1 Å². The average molecular weight is 336 g/mol. The van der Waals surface area contributed by atoms with Crippen molar-refractivity contribution in [1.82, 2.24) is 0 Å². The molecular formula is C20H32O4. The molecule has 0 unspecified atom stereocenters. The van der Waals surface area contributed by atoms with Gasteiger partial charge in [0.05, 0.1) is 12.2 Å². The first-order valence-corrected chi connectivity index (χ1v) is 8.80. The van der Waals surface area contributed by atoms with Gasteiger partial charge in [-0.15, -0.1) is 0 Å². The summed E-state index contributed by atoms with van der Waals surface area (Å²) in [7, 11) is 0. The lowest BCUT2D eigenvalue weighted by molar-refractivity contribution is -0.137. The monoisotopic (exact) mass is 336 g/mol. The molecule has 3 N–H and O–H groups in total. The maximum Gasteiger partial charge on any atom is 0.303 e. The minimum absolute atomic E-state index is 0.00520. The first-order chi connectivity index (χ1) is 11.6. The highest BCUT2D eigenvalue weighted by atomic mass is 16.4. The average Bonchev–Trinajstić information content (AvgIpc) is 2.55. The van der Waals surface area contributed by atoms with Gasteiger partial charge in [-0.3, -0.25) is 4.79 Å². The van der Waals surface area contributed by atoms with Crippen LogP contribution < -0.4 is 0 Å². The molecule has 0 fully saturated rings. The number of aliphatic carboxylic acids is 1. The van der Waals surface area contributed by atoms with Gasteiger partial charge in [-0.25, -0.2) is 0 Å². The highest BCUT2D eigenvalue weighted by Gasteiger charge is 2.12. The normalized spacial score (nSPS) is 15.1. The van der Waals surface area contributed by atoms with Gasteiger partial charge >= 0.3 is 5.97 Å². The van der Waals surface area contributed by atoms with E-state index >= 15 is 0 Å². The second kappa shape index (κ2) is 16.2. The van der Waals surface area contributed by atoms with Crippen molar-refractivity contribution in [2.24, 2.45) is 0 Å². The zero-order valence-electron chi connectivity index (χ0n) is 14.7. The SMILES string of the molecule is CCCCC/C=C/C\C=C/C=C/C=C/[C@H](O)[C@H](O)CCCC(=O)O. The molecule has 0 aromatic heterocycles. The van der Waals surface area contributed by atoms with E-state index in [1.807, 2.05) is 12.2 Å². The minimum atomic E-state index is -0.974. The van der Waals surface area contributed by atoms with Gasteiger partial charge < -0.3 is 15.3 Å². The molecule has 0 heterocycles. The number of carboxylic acid groups (broad SMARTS) is 1. The van der Waals surface area contributed by atoms with Crippen LogP contribution in [0.25, 0.3) is 0 Å². The fourth-order valence-corrected chi connectivity index (χ4v) is 2.03. The molecule has 136 valence electrons. The highest BCUT2D eigenvalue weighted by Crippen LogP contribution is 2.06. The number of allylic oxidation sites excluding steroid dienone is 7. The molecule has 0 aromatic rings. The van der Waals surface area contributed by atoms with E-state index in [-0.39, 0.29) is 12.8 Å². The molecule has 0 spiro atoms. The molecule has 0 radical (unpaired) electrons. The van der Waals surface area contributed by atoms with Crippen LogP contribution in [0, 0.1) is 0 Å². The Morgan fingerprint density at radius 2 is 1.71 bits per heavy atom. The molecular weight excluding hydrogens is 304 g/mol. The van der Waals surface area contributed by atoms with Crippen molar-refractivity contribution in [3.63, 3.8) is 0 Å². The van der Waals surface area contributed by atoms with Crippen molar-refractivity contribution >= 4 is 5.97 Å². The van der Waals surface area contributed by atoms with Crippen LogP contribution in [0.1, 0.15) is 58.3 Å². The Morgan fingerprint density at radius 3 is 2.42 bits per heavy atom. The van der Waals surface area contributed by atoms with Crippen molar-refractivity contribution in [2.45, 2.75) is 70.5 Å². The van der Waals surface area contributed by atoms with Crippen molar-refractivity contribution in [3.05, 3.63) is 48.6 Å². The van der Waals surface area contributed by atoms with E-state index in [4.69, 9.17) is 5.11 Å². The summed E-state index contributed by atoms with van der Waals surface area (Å²) in [6.45, 7) is 2.20. The lowest BCUT2D eigenvalue weighted by Gasteiger charge is -2.13. The van der Waals surface area contributed by atoms with Gasteiger partial charge in [0, 0.05) is 6.42 Å². The number of carboxylic acids is 1. The molecule has 2 atom stereocenters. The Balaban J connectivity index is 3.81. The van der Waals surface area contributed by atoms with Gasteiger partial charge in [0.15, 0.2) is 0 Å². The number of unbranched alkanes of at least 4 members (excludes halogenated alkanes) is 3. The Hall–Kier alpha value is -1.65. The van der Waals surface area contributed by atoms with Crippen LogP contribution in [0.15, 0.2) is 48.6 Å². The summed E-state index contributed by atoms with van der Waals surface area (Å²) in [5, 5.41) is 27.9. The quantitative estimate of drug-likeness (QED) is 0.253. The van der Waals surface area contributed by atoms with E-state index in [0.29, 0.717) is 6.42 Å².